The lowest BCUT2D eigenvalue weighted by molar-refractivity contribution is 0.216. The monoisotopic (exact) mass is 494 g/mol. The number of hydrogen-bond donors (Lipinski definition) is 1. The van der Waals surface area contributed by atoms with Crippen LogP contribution in [-0.4, -0.2) is 31.2 Å². The lowest BCUT2D eigenvalue weighted by Gasteiger charge is -2.23. The van der Waals surface area contributed by atoms with E-state index < -0.39 is 22.7 Å². The molecule has 0 aliphatic rings. The molecule has 0 amide bonds. The van der Waals surface area contributed by atoms with Crippen molar-refractivity contribution in [2.45, 2.75) is 57.9 Å². The summed E-state index contributed by atoms with van der Waals surface area (Å²) < 4.78 is 56.5. The standard InChI is InChI=1S/C25H35O6PS/c1-4-7-8-10-21-13-17-23(18-14-21)24-19-15-22(16-20-24)11-9-12-25(33(27,28)29)32(26,30-5-2)31-6-3/h9,11,13-20,25H,4-8,10,12H2,1-3H3,(H,27,28,29). The van der Waals surface area contributed by atoms with Gasteiger partial charge in [-0.2, -0.15) is 8.42 Å². The quantitative estimate of drug-likeness (QED) is 0.173. The van der Waals surface area contributed by atoms with Crippen LogP contribution in [-0.2, 0) is 30.2 Å². The zero-order chi connectivity index (χ0) is 24.3. The van der Waals surface area contributed by atoms with Gasteiger partial charge in [-0.25, -0.2) is 0 Å². The van der Waals surface area contributed by atoms with Crippen molar-refractivity contribution in [3.63, 3.8) is 0 Å². The van der Waals surface area contributed by atoms with Gasteiger partial charge in [0.2, 0.25) is 0 Å². The first-order valence-electron chi connectivity index (χ1n) is 11.4. The normalized spacial score (nSPS) is 13.5. The highest BCUT2D eigenvalue weighted by atomic mass is 32.2. The molecule has 1 atom stereocenters. The molecule has 0 aliphatic heterocycles. The predicted molar refractivity (Wildman–Crippen MR) is 135 cm³/mol. The molecule has 1 unspecified atom stereocenters. The summed E-state index contributed by atoms with van der Waals surface area (Å²) >= 11 is 0. The van der Waals surface area contributed by atoms with Crippen LogP contribution in [0.15, 0.2) is 54.6 Å². The van der Waals surface area contributed by atoms with Gasteiger partial charge in [0.1, 0.15) is 0 Å². The van der Waals surface area contributed by atoms with E-state index in [4.69, 9.17) is 9.05 Å². The smallest absolute Gasteiger partial charge is 0.308 e. The third-order valence-electron chi connectivity index (χ3n) is 5.23. The number of aryl methyl sites for hydroxylation is 1. The van der Waals surface area contributed by atoms with Crippen LogP contribution in [0.5, 0.6) is 0 Å². The van der Waals surface area contributed by atoms with Crippen LogP contribution < -0.4 is 0 Å². The van der Waals surface area contributed by atoms with Crippen molar-refractivity contribution in [2.24, 2.45) is 0 Å². The molecular weight excluding hydrogens is 459 g/mol. The zero-order valence-corrected chi connectivity index (χ0v) is 21.4. The molecule has 0 saturated heterocycles. The third-order valence-corrected chi connectivity index (χ3v) is 9.84. The summed E-state index contributed by atoms with van der Waals surface area (Å²) in [6.45, 7) is 5.39. The van der Waals surface area contributed by atoms with Crippen LogP contribution in [0.3, 0.4) is 0 Å². The molecule has 0 spiro atoms. The summed E-state index contributed by atoms with van der Waals surface area (Å²) in [4.78, 5) is -1.67. The predicted octanol–water partition coefficient (Wildman–Crippen LogP) is 6.97. The van der Waals surface area contributed by atoms with Crippen LogP contribution in [0, 0.1) is 0 Å². The maximum atomic E-state index is 12.9. The summed E-state index contributed by atoms with van der Waals surface area (Å²) in [5.41, 5.74) is 4.41. The number of unbranched alkanes of at least 4 members (excludes halogenated alkanes) is 2. The summed E-state index contributed by atoms with van der Waals surface area (Å²) in [6.07, 6.45) is 7.85. The van der Waals surface area contributed by atoms with E-state index in [9.17, 15) is 17.5 Å². The second kappa shape index (κ2) is 13.2. The molecule has 182 valence electrons. The SMILES string of the molecule is CCCCCc1ccc(-c2ccc(C=CCC(P(=O)(OCC)OCC)S(=O)(=O)O)cc2)cc1. The Balaban J connectivity index is 2.08. The fraction of sp³-hybridized carbons (Fsp3) is 0.440. The maximum absolute atomic E-state index is 12.9. The second-order valence-corrected chi connectivity index (χ2v) is 11.9. The van der Waals surface area contributed by atoms with Crippen molar-refractivity contribution in [1.29, 1.82) is 0 Å². The van der Waals surface area contributed by atoms with Crippen LogP contribution in [0.2, 0.25) is 0 Å². The number of allylic oxidation sites excluding steroid dienone is 1. The molecule has 6 nitrogen and oxygen atoms in total. The summed E-state index contributed by atoms with van der Waals surface area (Å²) in [5.74, 6) is 0. The average Bonchev–Trinajstić information content (AvgIpc) is 2.77. The molecule has 0 heterocycles. The Labute approximate surface area is 198 Å². The van der Waals surface area contributed by atoms with Gasteiger partial charge in [-0.1, -0.05) is 80.4 Å². The molecule has 0 aliphatic carbocycles. The highest BCUT2D eigenvalue weighted by molar-refractivity contribution is 7.94. The van der Waals surface area contributed by atoms with E-state index in [0.29, 0.717) is 0 Å². The minimum Gasteiger partial charge on any atom is -0.308 e. The van der Waals surface area contributed by atoms with Gasteiger partial charge in [-0.05, 0) is 55.4 Å². The molecule has 0 bridgehead atoms. The van der Waals surface area contributed by atoms with Crippen LogP contribution in [0.1, 0.15) is 57.6 Å². The van der Waals surface area contributed by atoms with Gasteiger partial charge in [0.15, 0.2) is 4.99 Å². The van der Waals surface area contributed by atoms with Gasteiger partial charge >= 0.3 is 7.60 Å². The molecule has 0 saturated carbocycles. The van der Waals surface area contributed by atoms with Crippen molar-refractivity contribution >= 4 is 23.8 Å². The first kappa shape index (κ1) is 27.5. The van der Waals surface area contributed by atoms with Gasteiger partial charge in [-0.15, -0.1) is 0 Å². The van der Waals surface area contributed by atoms with Crippen molar-refractivity contribution in [3.8, 4) is 11.1 Å². The Morgan fingerprint density at radius 2 is 1.45 bits per heavy atom. The highest BCUT2D eigenvalue weighted by Gasteiger charge is 2.43. The van der Waals surface area contributed by atoms with Crippen LogP contribution in [0.25, 0.3) is 17.2 Å². The first-order valence-corrected chi connectivity index (χ1v) is 14.6. The van der Waals surface area contributed by atoms with Crippen molar-refractivity contribution in [2.75, 3.05) is 13.2 Å². The fourth-order valence-electron chi connectivity index (χ4n) is 3.53. The Bertz CT molecular complexity index is 1020. The van der Waals surface area contributed by atoms with Crippen LogP contribution in [0.4, 0.5) is 0 Å². The molecule has 8 heteroatoms. The second-order valence-electron chi connectivity index (χ2n) is 7.76. The fourth-order valence-corrected chi connectivity index (χ4v) is 7.06. The lowest BCUT2D eigenvalue weighted by Crippen LogP contribution is -2.22. The van der Waals surface area contributed by atoms with E-state index in [1.165, 1.54) is 24.8 Å². The van der Waals surface area contributed by atoms with E-state index in [1.54, 1.807) is 26.0 Å². The van der Waals surface area contributed by atoms with E-state index in [-0.39, 0.29) is 19.6 Å². The summed E-state index contributed by atoms with van der Waals surface area (Å²) in [6, 6.07) is 16.4. The molecule has 0 fully saturated rings. The van der Waals surface area contributed by atoms with Crippen molar-refractivity contribution in [3.05, 3.63) is 65.7 Å². The summed E-state index contributed by atoms with van der Waals surface area (Å²) in [7, 11) is -8.66. The first-order chi connectivity index (χ1) is 15.7. The molecule has 33 heavy (non-hydrogen) atoms. The molecule has 0 aromatic heterocycles. The molecule has 1 N–H and O–H groups in total. The summed E-state index contributed by atoms with van der Waals surface area (Å²) in [5, 5.41) is 0. The van der Waals surface area contributed by atoms with E-state index in [0.717, 1.165) is 23.1 Å². The van der Waals surface area contributed by atoms with Gasteiger partial charge < -0.3 is 9.05 Å². The average molecular weight is 495 g/mol. The number of rotatable bonds is 14. The minimum absolute atomic E-state index is 0.00813. The Kier molecular flexibility index (Phi) is 11.0. The van der Waals surface area contributed by atoms with E-state index in [1.807, 2.05) is 24.3 Å². The molecule has 2 rings (SSSR count). The Hall–Kier alpha value is -1.76. The lowest BCUT2D eigenvalue weighted by atomic mass is 10.0. The maximum Gasteiger partial charge on any atom is 0.351 e. The topological polar surface area (TPSA) is 89.9 Å². The highest BCUT2D eigenvalue weighted by Crippen LogP contribution is 2.56. The molecular formula is C25H35O6PS. The Morgan fingerprint density at radius 3 is 1.94 bits per heavy atom. The Morgan fingerprint density at radius 1 is 0.909 bits per heavy atom. The number of hydrogen-bond acceptors (Lipinski definition) is 5. The van der Waals surface area contributed by atoms with Gasteiger partial charge in [0, 0.05) is 0 Å². The van der Waals surface area contributed by atoms with Crippen molar-refractivity contribution < 1.29 is 26.6 Å². The van der Waals surface area contributed by atoms with Crippen molar-refractivity contribution in [1.82, 2.24) is 0 Å². The molecule has 0 radical (unpaired) electrons. The largest absolute Gasteiger partial charge is 0.351 e. The number of benzene rings is 2. The minimum atomic E-state index is -4.64. The zero-order valence-electron chi connectivity index (χ0n) is 19.6. The van der Waals surface area contributed by atoms with Crippen LogP contribution >= 0.6 is 7.60 Å². The molecule has 2 aromatic carbocycles. The van der Waals surface area contributed by atoms with Gasteiger partial charge in [-0.3, -0.25) is 9.12 Å². The van der Waals surface area contributed by atoms with E-state index >= 15 is 0 Å². The third kappa shape index (κ3) is 8.51. The van der Waals surface area contributed by atoms with Gasteiger partial charge in [0.05, 0.1) is 13.2 Å². The molecule has 2 aromatic rings. The van der Waals surface area contributed by atoms with E-state index in [2.05, 4.69) is 31.2 Å². The van der Waals surface area contributed by atoms with Gasteiger partial charge in [0.25, 0.3) is 10.1 Å².